The Morgan fingerprint density at radius 1 is 0.383 bits per heavy atom. The van der Waals surface area contributed by atoms with Crippen molar-refractivity contribution >= 4 is 11.4 Å². The highest BCUT2D eigenvalue weighted by Crippen LogP contribution is 2.38. The third kappa shape index (κ3) is 8.81. The van der Waals surface area contributed by atoms with Crippen LogP contribution in [0, 0.1) is 35.8 Å². The fourth-order valence-electron chi connectivity index (χ4n) is 6.77. The zero-order chi connectivity index (χ0) is 42.3. The van der Waals surface area contributed by atoms with Crippen LogP contribution in [-0.4, -0.2) is 0 Å². The molecule has 0 unspecified atom stereocenters. The first-order chi connectivity index (χ1) is 29.0. The molecule has 0 saturated carbocycles. The number of rotatable bonds is 12. The summed E-state index contributed by atoms with van der Waals surface area (Å²) in [5.74, 6) is 4.98. The number of nitrogens with zero attached hydrogens (tertiary/aromatic N) is 4. The molecule has 8 nitrogen and oxygen atoms in total. The summed E-state index contributed by atoms with van der Waals surface area (Å²) in [5.41, 5.74) is 4.99. The molecule has 0 fully saturated rings. The average Bonchev–Trinajstić information content (AvgIpc) is 3.27. The highest BCUT2D eigenvalue weighted by Gasteiger charge is 2.25. The van der Waals surface area contributed by atoms with Crippen LogP contribution in [0.4, 0.5) is 11.4 Å². The molecule has 7 aromatic rings. The Bertz CT molecular complexity index is 2640. The van der Waals surface area contributed by atoms with Crippen molar-refractivity contribution in [3.63, 3.8) is 0 Å². The molecule has 7 rings (SSSR count). The third-order valence-electron chi connectivity index (χ3n) is 10.5. The molecule has 0 aromatic heterocycles. The van der Waals surface area contributed by atoms with Crippen LogP contribution in [0.5, 0.6) is 46.0 Å². The Balaban J connectivity index is 0.954. The summed E-state index contributed by atoms with van der Waals surface area (Å²) in [6.07, 6.45) is 0. The van der Waals surface area contributed by atoms with Crippen molar-refractivity contribution in [1.82, 2.24) is 0 Å². The molecule has 60 heavy (non-hydrogen) atoms. The van der Waals surface area contributed by atoms with Crippen LogP contribution >= 0.6 is 0 Å². The summed E-state index contributed by atoms with van der Waals surface area (Å²) >= 11 is 0. The second-order valence-corrected chi connectivity index (χ2v) is 15.0. The van der Waals surface area contributed by atoms with Gasteiger partial charge in [-0.15, -0.1) is 0 Å². The van der Waals surface area contributed by atoms with Crippen molar-refractivity contribution in [2.75, 3.05) is 0 Å². The van der Waals surface area contributed by atoms with E-state index >= 15 is 0 Å². The summed E-state index contributed by atoms with van der Waals surface area (Å²) in [7, 11) is 0. The van der Waals surface area contributed by atoms with Gasteiger partial charge in [-0.05, 0) is 113 Å². The molecule has 8 heteroatoms. The Morgan fingerprint density at radius 2 is 0.717 bits per heavy atom. The van der Waals surface area contributed by atoms with Crippen molar-refractivity contribution in [2.24, 2.45) is 0 Å². The molecule has 0 aliphatic heterocycles. The predicted octanol–water partition coefficient (Wildman–Crippen LogP) is 14.4. The lowest BCUT2D eigenvalue weighted by atomic mass is 9.78. The summed E-state index contributed by atoms with van der Waals surface area (Å²) < 4.78 is 24.4. The number of hydrogen-bond donors (Lipinski definition) is 0. The molecule has 0 amide bonds. The molecule has 0 heterocycles. The standard InChI is InChI=1S/C52H38N4O4/c1-51(2,39-15-24-43(25-16-39)59-47-19-10-35(33-53)36(30-47)34-54)37-11-20-41(21-12-37)57-45-8-7-9-46(31-45)58-42-22-13-38(14-23-42)52(3,4)40-17-26-44(27-18-40)60-48-28-29-49(55-5)50(32-48)56-6/h7-32H,1-4H3. The summed E-state index contributed by atoms with van der Waals surface area (Å²) in [6.45, 7) is 23.2. The molecule has 0 radical (unpaired) electrons. The highest BCUT2D eigenvalue weighted by atomic mass is 16.5. The molecule has 290 valence electrons. The van der Waals surface area contributed by atoms with E-state index in [1.807, 2.05) is 109 Å². The van der Waals surface area contributed by atoms with E-state index in [2.05, 4.69) is 61.7 Å². The minimum atomic E-state index is -0.308. The van der Waals surface area contributed by atoms with Gasteiger partial charge >= 0.3 is 0 Å². The van der Waals surface area contributed by atoms with Crippen molar-refractivity contribution < 1.29 is 18.9 Å². The Hall–Kier alpha value is -8.30. The molecule has 0 aliphatic rings. The van der Waals surface area contributed by atoms with E-state index in [1.54, 1.807) is 36.4 Å². The quantitative estimate of drug-likeness (QED) is 0.115. The first kappa shape index (κ1) is 39.9. The largest absolute Gasteiger partial charge is 0.459 e. The van der Waals surface area contributed by atoms with Crippen LogP contribution < -0.4 is 18.9 Å². The number of hydrogen-bond acceptors (Lipinski definition) is 6. The van der Waals surface area contributed by atoms with E-state index in [4.69, 9.17) is 32.1 Å². The maximum Gasteiger partial charge on any atom is 0.198 e. The van der Waals surface area contributed by atoms with Gasteiger partial charge in [-0.3, -0.25) is 4.85 Å². The maximum atomic E-state index is 9.34. The normalized spacial score (nSPS) is 10.9. The fourth-order valence-corrected chi connectivity index (χ4v) is 6.77. The zero-order valence-electron chi connectivity index (χ0n) is 33.4. The summed E-state index contributed by atoms with van der Waals surface area (Å²) in [4.78, 5) is 6.82. The molecule has 0 aliphatic carbocycles. The van der Waals surface area contributed by atoms with Gasteiger partial charge < -0.3 is 18.9 Å². The SMILES string of the molecule is [C-]#[N+]c1ccc(Oc2ccc(C(C)(C)c3ccc(Oc4cccc(Oc5ccc(C(C)(C)c6ccc(Oc7ccc(C#N)c(C#N)c7)cc6)cc5)c4)cc3)cc2)cc1[N+]#[C-]. The van der Waals surface area contributed by atoms with Gasteiger partial charge in [0.15, 0.2) is 11.4 Å². The van der Waals surface area contributed by atoms with Crippen LogP contribution in [0.2, 0.25) is 0 Å². The second-order valence-electron chi connectivity index (χ2n) is 15.0. The van der Waals surface area contributed by atoms with Gasteiger partial charge in [-0.25, -0.2) is 4.85 Å². The van der Waals surface area contributed by atoms with E-state index in [-0.39, 0.29) is 22.1 Å². The lowest BCUT2D eigenvalue weighted by molar-refractivity contribution is 0.459. The van der Waals surface area contributed by atoms with Crippen molar-refractivity contribution in [1.29, 1.82) is 10.5 Å². The van der Waals surface area contributed by atoms with Gasteiger partial charge in [0.2, 0.25) is 0 Å². The van der Waals surface area contributed by atoms with E-state index in [0.717, 1.165) is 22.3 Å². The number of nitriles is 2. The van der Waals surface area contributed by atoms with Crippen LogP contribution in [0.25, 0.3) is 9.69 Å². The van der Waals surface area contributed by atoms with Gasteiger partial charge in [-0.2, -0.15) is 10.5 Å². The van der Waals surface area contributed by atoms with Crippen LogP contribution in [0.15, 0.2) is 158 Å². The van der Waals surface area contributed by atoms with Crippen molar-refractivity contribution in [2.45, 2.75) is 38.5 Å². The molecule has 0 saturated heterocycles. The Labute approximate surface area is 350 Å². The molecule has 0 bridgehead atoms. The van der Waals surface area contributed by atoms with Gasteiger partial charge in [0.1, 0.15) is 58.1 Å². The zero-order valence-corrected chi connectivity index (χ0v) is 33.4. The highest BCUT2D eigenvalue weighted by molar-refractivity contribution is 5.72. The fraction of sp³-hybridized carbons (Fsp3) is 0.115. The maximum absolute atomic E-state index is 9.34. The minimum Gasteiger partial charge on any atom is -0.459 e. The predicted molar refractivity (Wildman–Crippen MR) is 232 cm³/mol. The van der Waals surface area contributed by atoms with E-state index in [1.165, 1.54) is 0 Å². The molecular formula is C52H38N4O4. The number of benzene rings is 7. The topological polar surface area (TPSA) is 93.2 Å². The van der Waals surface area contributed by atoms with Gasteiger partial charge in [0.05, 0.1) is 24.3 Å². The summed E-state index contributed by atoms with van der Waals surface area (Å²) in [5, 5.41) is 18.5. The van der Waals surface area contributed by atoms with Crippen LogP contribution in [0.3, 0.4) is 0 Å². The van der Waals surface area contributed by atoms with Crippen molar-refractivity contribution in [3.05, 3.63) is 214 Å². The molecule has 0 atom stereocenters. The van der Waals surface area contributed by atoms with Gasteiger partial charge in [-0.1, -0.05) is 88.4 Å². The number of ether oxygens (including phenoxy) is 4. The van der Waals surface area contributed by atoms with Crippen molar-refractivity contribution in [3.8, 4) is 58.1 Å². The van der Waals surface area contributed by atoms with E-state index in [0.29, 0.717) is 57.2 Å². The Kier molecular flexibility index (Phi) is 11.3. The van der Waals surface area contributed by atoms with Crippen LogP contribution in [-0.2, 0) is 10.8 Å². The van der Waals surface area contributed by atoms with Gasteiger partial charge in [0, 0.05) is 16.9 Å². The summed E-state index contributed by atoms with van der Waals surface area (Å²) in [6, 6.07) is 53.2. The lowest BCUT2D eigenvalue weighted by Gasteiger charge is -2.26. The first-order valence-corrected chi connectivity index (χ1v) is 19.1. The second kappa shape index (κ2) is 17.1. The minimum absolute atomic E-state index is 0.269. The monoisotopic (exact) mass is 782 g/mol. The van der Waals surface area contributed by atoms with E-state index in [9.17, 15) is 10.5 Å². The average molecular weight is 783 g/mol. The van der Waals surface area contributed by atoms with Crippen LogP contribution in [0.1, 0.15) is 61.1 Å². The first-order valence-electron chi connectivity index (χ1n) is 19.1. The van der Waals surface area contributed by atoms with E-state index < -0.39 is 0 Å². The molecule has 0 N–H and O–H groups in total. The third-order valence-corrected chi connectivity index (χ3v) is 10.5. The molecule has 0 spiro atoms. The molecule has 7 aromatic carbocycles. The smallest absolute Gasteiger partial charge is 0.198 e. The lowest BCUT2D eigenvalue weighted by Crippen LogP contribution is -2.18. The Morgan fingerprint density at radius 3 is 1.08 bits per heavy atom. The molecular weight excluding hydrogens is 745 g/mol. The van der Waals surface area contributed by atoms with Gasteiger partial charge in [0.25, 0.3) is 0 Å².